The number of esters is 4. The quantitative estimate of drug-likeness (QED) is 0.0169. The smallest absolute Gasteiger partial charge is 0.462 e. The van der Waals surface area contributed by atoms with Crippen LogP contribution >= 0.6 is 15.6 Å². The molecule has 0 saturated heterocycles. The maximum absolute atomic E-state index is 13.1. The van der Waals surface area contributed by atoms with Crippen molar-refractivity contribution in [3.8, 4) is 0 Å². The molecule has 0 aliphatic carbocycles. The number of ether oxygens (including phenoxy) is 4. The Kier molecular flexibility index (Phi) is 67.8. The topological polar surface area (TPSA) is 237 Å². The molecule has 0 amide bonds. The lowest BCUT2D eigenvalue weighted by atomic mass is 10.0. The Bertz CT molecular complexity index is 2570. The van der Waals surface area contributed by atoms with Gasteiger partial charge < -0.3 is 33.8 Å². The summed E-state index contributed by atoms with van der Waals surface area (Å²) in [6.45, 7) is 4.24. The van der Waals surface area contributed by atoms with Crippen molar-refractivity contribution >= 4 is 39.5 Å². The lowest BCUT2D eigenvalue weighted by molar-refractivity contribution is -0.160. The number of aliphatic hydroxyl groups excluding tert-OH is 1. The molecular formula is C81H130O17P2. The van der Waals surface area contributed by atoms with Gasteiger partial charge in [0.1, 0.15) is 19.3 Å². The van der Waals surface area contributed by atoms with Crippen LogP contribution in [0.5, 0.6) is 0 Å². The number of rotatable bonds is 68. The van der Waals surface area contributed by atoms with E-state index in [0.717, 1.165) is 128 Å². The van der Waals surface area contributed by atoms with Crippen molar-refractivity contribution in [1.29, 1.82) is 0 Å². The monoisotopic (exact) mass is 1440 g/mol. The third-order valence-corrected chi connectivity index (χ3v) is 16.7. The molecule has 5 unspecified atom stereocenters. The number of hydrogen-bond acceptors (Lipinski definition) is 15. The normalized spacial score (nSPS) is 14.9. The molecule has 0 bridgehead atoms. The van der Waals surface area contributed by atoms with E-state index in [0.29, 0.717) is 25.7 Å². The highest BCUT2D eigenvalue weighted by Gasteiger charge is 2.30. The zero-order chi connectivity index (χ0) is 73.2. The van der Waals surface area contributed by atoms with Gasteiger partial charge in [-0.05, 0) is 116 Å². The standard InChI is InChI=1S/C81H130O17P2/c1-5-9-13-17-21-25-29-33-36-37-40-43-46-50-54-58-62-66-79(84)92-72-77(98-81(86)68-64-60-56-52-48-44-39-35-31-27-23-19-15-11-7-3)74-96-100(89,90)94-70-75(82)69-93-99(87,88)95-73-76(97-80(85)67-63-59-55-51-47-41-32-28-24-20-16-12-8-4)71-91-78(83)65-61-57-53-49-45-42-38-34-30-26-22-18-14-10-6-2/h9-11,13-15,21-23,25-27,33-36,38-40,43,45,48-49,52,57,60-61,64,75-77,82H,5-8,12,16-20,24,28-32,37,41-42,44,46-47,50-51,53-56,58-59,62-63,65-74H2,1-4H3,(H,87,88)(H,89,90)/b13-9-,14-10-,15-11-,25-21-,26-22-,27-23-,36-33-,38-34-,39-35-,43-40-,49-45-,52-48-,61-57-,64-60-. The number of aliphatic hydroxyl groups is 1. The fourth-order valence-corrected chi connectivity index (χ4v) is 10.8. The van der Waals surface area contributed by atoms with E-state index >= 15 is 0 Å². The highest BCUT2D eigenvalue weighted by Crippen LogP contribution is 2.45. The molecule has 17 nitrogen and oxygen atoms in total. The summed E-state index contributed by atoms with van der Waals surface area (Å²) in [5.41, 5.74) is 0. The predicted molar refractivity (Wildman–Crippen MR) is 408 cm³/mol. The van der Waals surface area contributed by atoms with Crippen LogP contribution < -0.4 is 0 Å². The van der Waals surface area contributed by atoms with Crippen molar-refractivity contribution in [2.24, 2.45) is 0 Å². The lowest BCUT2D eigenvalue weighted by Gasteiger charge is -2.21. The van der Waals surface area contributed by atoms with E-state index < -0.39 is 97.5 Å². The van der Waals surface area contributed by atoms with Crippen LogP contribution in [0.4, 0.5) is 0 Å². The Morgan fingerprint density at radius 2 is 0.570 bits per heavy atom. The van der Waals surface area contributed by atoms with E-state index in [1.165, 1.54) is 51.4 Å². The molecule has 0 aliphatic rings. The van der Waals surface area contributed by atoms with Gasteiger partial charge in [0.15, 0.2) is 12.2 Å². The molecule has 100 heavy (non-hydrogen) atoms. The van der Waals surface area contributed by atoms with Gasteiger partial charge in [0, 0.05) is 12.8 Å². The maximum Gasteiger partial charge on any atom is 0.472 e. The highest BCUT2D eigenvalue weighted by atomic mass is 31.2. The number of carbonyl (C=O) groups excluding carboxylic acids is 4. The number of allylic oxidation sites excluding steroid dienone is 26. The first kappa shape index (κ1) is 94.4. The molecule has 0 radical (unpaired) electrons. The van der Waals surface area contributed by atoms with Gasteiger partial charge in [-0.15, -0.1) is 0 Å². The van der Waals surface area contributed by atoms with Crippen molar-refractivity contribution < 1.29 is 80.2 Å². The fraction of sp³-hybridized carbons (Fsp3) is 0.605. The van der Waals surface area contributed by atoms with Gasteiger partial charge in [-0.1, -0.05) is 288 Å². The first-order valence-electron chi connectivity index (χ1n) is 37.4. The summed E-state index contributed by atoms with van der Waals surface area (Å²) in [7, 11) is -10.0. The predicted octanol–water partition coefficient (Wildman–Crippen LogP) is 21.4. The Labute approximate surface area is 603 Å². The number of phosphoric ester groups is 2. The van der Waals surface area contributed by atoms with Gasteiger partial charge >= 0.3 is 39.5 Å². The van der Waals surface area contributed by atoms with Crippen molar-refractivity contribution in [2.45, 2.75) is 277 Å². The Morgan fingerprint density at radius 3 is 0.930 bits per heavy atom. The molecule has 0 heterocycles. The van der Waals surface area contributed by atoms with Crippen LogP contribution in [0.15, 0.2) is 170 Å². The fourth-order valence-electron chi connectivity index (χ4n) is 9.18. The van der Waals surface area contributed by atoms with E-state index in [1.54, 1.807) is 18.2 Å². The Balaban J connectivity index is 5.52. The summed E-state index contributed by atoms with van der Waals surface area (Å²) in [6, 6.07) is 0. The molecule has 0 fully saturated rings. The average Bonchev–Trinajstić information content (AvgIpc) is 0.937. The molecular weight excluding hydrogens is 1310 g/mol. The first-order valence-corrected chi connectivity index (χ1v) is 40.4. The molecule has 566 valence electrons. The third-order valence-electron chi connectivity index (χ3n) is 14.8. The summed E-state index contributed by atoms with van der Waals surface area (Å²) in [4.78, 5) is 72.7. The molecule has 3 N–H and O–H groups in total. The summed E-state index contributed by atoms with van der Waals surface area (Å²) in [5, 5.41) is 10.6. The number of phosphoric acid groups is 2. The van der Waals surface area contributed by atoms with Gasteiger partial charge in [-0.25, -0.2) is 9.13 Å². The highest BCUT2D eigenvalue weighted by molar-refractivity contribution is 7.47. The van der Waals surface area contributed by atoms with Gasteiger partial charge in [0.2, 0.25) is 0 Å². The lowest BCUT2D eigenvalue weighted by Crippen LogP contribution is -2.30. The molecule has 19 heteroatoms. The van der Waals surface area contributed by atoms with E-state index in [-0.39, 0.29) is 25.7 Å². The van der Waals surface area contributed by atoms with Crippen LogP contribution in [0.1, 0.15) is 259 Å². The molecule has 0 saturated carbocycles. The first-order chi connectivity index (χ1) is 48.7. The SMILES string of the molecule is CC/C=C\C/C=C\C/C=C\C/C=C\C/C=C\CC(=O)OCC(COP(=O)(O)OCC(O)COP(=O)(O)OCC(COC(=O)CCCCCC/C=C\C/C=C\C/C=C\C/C=C\CC)OC(=O)C/C=C\C/C=C\C/C=C\C/C=C\C/C=C\CC)OC(=O)CCCCCCCCCCCCCCC. The molecule has 5 atom stereocenters. The molecule has 0 aliphatic heterocycles. The van der Waals surface area contributed by atoms with Crippen molar-refractivity contribution in [3.63, 3.8) is 0 Å². The van der Waals surface area contributed by atoms with Crippen molar-refractivity contribution in [2.75, 3.05) is 39.6 Å². The van der Waals surface area contributed by atoms with Crippen LogP contribution in [0.2, 0.25) is 0 Å². The van der Waals surface area contributed by atoms with Crippen LogP contribution in [0.25, 0.3) is 0 Å². The Morgan fingerprint density at radius 1 is 0.300 bits per heavy atom. The number of carbonyl (C=O) groups is 4. The third kappa shape index (κ3) is 70.8. The van der Waals surface area contributed by atoms with Gasteiger partial charge in [0.25, 0.3) is 0 Å². The zero-order valence-electron chi connectivity index (χ0n) is 61.5. The second-order valence-corrected chi connectivity index (χ2v) is 27.0. The van der Waals surface area contributed by atoms with Crippen LogP contribution in [0, 0.1) is 0 Å². The minimum atomic E-state index is -5.02. The van der Waals surface area contributed by atoms with Gasteiger partial charge in [0.05, 0.1) is 39.3 Å². The zero-order valence-corrected chi connectivity index (χ0v) is 63.3. The van der Waals surface area contributed by atoms with E-state index in [9.17, 15) is 43.2 Å². The van der Waals surface area contributed by atoms with Gasteiger partial charge in [-0.2, -0.15) is 0 Å². The van der Waals surface area contributed by atoms with Crippen LogP contribution in [-0.4, -0.2) is 96.7 Å². The largest absolute Gasteiger partial charge is 0.472 e. The molecule has 0 aromatic rings. The van der Waals surface area contributed by atoms with Crippen molar-refractivity contribution in [3.05, 3.63) is 170 Å². The van der Waals surface area contributed by atoms with Crippen LogP contribution in [-0.2, 0) is 65.4 Å². The molecule has 0 spiro atoms. The summed E-state index contributed by atoms with van der Waals surface area (Å²) in [5.74, 6) is -2.51. The van der Waals surface area contributed by atoms with E-state index in [1.807, 2.05) is 30.4 Å². The minimum Gasteiger partial charge on any atom is -0.462 e. The molecule has 0 aromatic heterocycles. The van der Waals surface area contributed by atoms with E-state index in [4.69, 9.17) is 37.0 Å². The number of hydrogen-bond donors (Lipinski definition) is 3. The minimum absolute atomic E-state index is 0.0700. The summed E-state index contributed by atoms with van der Waals surface area (Å²) < 4.78 is 68.1. The number of unbranched alkanes of at least 4 members (excludes halogenated alkanes) is 16. The summed E-state index contributed by atoms with van der Waals surface area (Å²) in [6.07, 6.45) is 84.1. The van der Waals surface area contributed by atoms with Gasteiger partial charge in [-0.3, -0.25) is 37.3 Å². The van der Waals surface area contributed by atoms with Crippen molar-refractivity contribution in [1.82, 2.24) is 0 Å². The molecule has 0 aromatic carbocycles. The second kappa shape index (κ2) is 71.8. The summed E-state index contributed by atoms with van der Waals surface area (Å²) >= 11 is 0. The van der Waals surface area contributed by atoms with E-state index in [2.05, 4.69) is 149 Å². The van der Waals surface area contributed by atoms with Crippen LogP contribution in [0.3, 0.4) is 0 Å². The average molecular weight is 1440 g/mol. The second-order valence-electron chi connectivity index (χ2n) is 24.1. The maximum atomic E-state index is 13.1. The Hall–Kier alpha value is -5.58. The molecule has 0 rings (SSSR count).